The molecule has 1 unspecified atom stereocenters. The first kappa shape index (κ1) is 23.8. The summed E-state index contributed by atoms with van der Waals surface area (Å²) in [5.74, 6) is 0.877. The summed E-state index contributed by atoms with van der Waals surface area (Å²) in [6.07, 6.45) is 2.50. The Morgan fingerprint density at radius 1 is 1.10 bits per heavy atom. The zero-order valence-corrected chi connectivity index (χ0v) is 18.9. The fourth-order valence-corrected chi connectivity index (χ4v) is 3.94. The quantitative estimate of drug-likeness (QED) is 0.399. The zero-order chi connectivity index (χ0) is 21.8. The predicted molar refractivity (Wildman–Crippen MR) is 123 cm³/mol. The van der Waals surface area contributed by atoms with Crippen LogP contribution >= 0.6 is 11.8 Å². The van der Waals surface area contributed by atoms with E-state index in [1.807, 2.05) is 61.5 Å². The van der Waals surface area contributed by atoms with E-state index in [4.69, 9.17) is 4.74 Å². The van der Waals surface area contributed by atoms with E-state index in [2.05, 4.69) is 12.2 Å². The number of carbonyl (C=O) groups is 2. The fourth-order valence-electron chi connectivity index (χ4n) is 3.14. The van der Waals surface area contributed by atoms with Crippen LogP contribution in [0.2, 0.25) is 0 Å². The van der Waals surface area contributed by atoms with E-state index >= 15 is 0 Å². The van der Waals surface area contributed by atoms with E-state index in [0.717, 1.165) is 29.1 Å². The van der Waals surface area contributed by atoms with Crippen LogP contribution in [0.3, 0.4) is 0 Å². The van der Waals surface area contributed by atoms with E-state index in [0.29, 0.717) is 19.5 Å². The van der Waals surface area contributed by atoms with Gasteiger partial charge in [-0.3, -0.25) is 9.59 Å². The van der Waals surface area contributed by atoms with E-state index in [1.165, 1.54) is 11.8 Å². The number of amides is 2. The molecule has 0 aromatic heterocycles. The molecule has 1 atom stereocenters. The van der Waals surface area contributed by atoms with E-state index in [1.54, 1.807) is 12.0 Å². The van der Waals surface area contributed by atoms with Crippen molar-refractivity contribution in [2.75, 3.05) is 19.4 Å². The van der Waals surface area contributed by atoms with Gasteiger partial charge in [-0.2, -0.15) is 0 Å². The Bertz CT molecular complexity index is 798. The Kier molecular flexibility index (Phi) is 10.3. The lowest BCUT2D eigenvalue weighted by Crippen LogP contribution is -2.49. The molecule has 0 fully saturated rings. The van der Waals surface area contributed by atoms with Crippen molar-refractivity contribution in [2.24, 2.45) is 0 Å². The highest BCUT2D eigenvalue weighted by molar-refractivity contribution is 8.00. The molecule has 2 aromatic rings. The summed E-state index contributed by atoms with van der Waals surface area (Å²) >= 11 is 1.49. The summed E-state index contributed by atoms with van der Waals surface area (Å²) in [6, 6.07) is 17.0. The maximum atomic E-state index is 13.2. The van der Waals surface area contributed by atoms with Crippen LogP contribution in [0.1, 0.15) is 38.7 Å². The third kappa shape index (κ3) is 7.41. The highest BCUT2D eigenvalue weighted by Crippen LogP contribution is 2.21. The molecule has 2 amide bonds. The molecule has 0 spiro atoms. The number of benzene rings is 2. The van der Waals surface area contributed by atoms with Crippen molar-refractivity contribution >= 4 is 23.6 Å². The van der Waals surface area contributed by atoms with Crippen LogP contribution in [0.4, 0.5) is 0 Å². The number of nitrogens with one attached hydrogen (secondary N) is 1. The van der Waals surface area contributed by atoms with Gasteiger partial charge in [-0.05, 0) is 42.7 Å². The van der Waals surface area contributed by atoms with Crippen molar-refractivity contribution in [1.82, 2.24) is 10.2 Å². The van der Waals surface area contributed by atoms with Gasteiger partial charge in [0, 0.05) is 18.0 Å². The maximum absolute atomic E-state index is 13.2. The van der Waals surface area contributed by atoms with Gasteiger partial charge in [0.25, 0.3) is 0 Å². The van der Waals surface area contributed by atoms with Gasteiger partial charge in [0.2, 0.25) is 11.8 Å². The SMILES string of the molecule is CCCCNC(=O)C(CC)N(Cc1cccc(OC)c1)C(=O)CSc1ccccc1. The Labute approximate surface area is 184 Å². The second-order valence-electron chi connectivity index (χ2n) is 7.04. The van der Waals surface area contributed by atoms with Gasteiger partial charge < -0.3 is 15.0 Å². The Hall–Kier alpha value is -2.47. The van der Waals surface area contributed by atoms with Crippen LogP contribution in [0.5, 0.6) is 5.75 Å². The van der Waals surface area contributed by atoms with Crippen molar-refractivity contribution < 1.29 is 14.3 Å². The molecule has 162 valence electrons. The molecule has 1 N–H and O–H groups in total. The first-order valence-corrected chi connectivity index (χ1v) is 11.5. The third-order valence-corrected chi connectivity index (χ3v) is 5.80. The number of carbonyl (C=O) groups excluding carboxylic acids is 2. The number of nitrogens with zero attached hydrogens (tertiary/aromatic N) is 1. The first-order valence-electron chi connectivity index (χ1n) is 10.5. The van der Waals surface area contributed by atoms with Crippen LogP contribution in [-0.4, -0.2) is 42.2 Å². The zero-order valence-electron chi connectivity index (χ0n) is 18.1. The number of methoxy groups -OCH3 is 1. The summed E-state index contributed by atoms with van der Waals surface area (Å²) < 4.78 is 5.32. The molecule has 0 heterocycles. The van der Waals surface area contributed by atoms with Crippen LogP contribution in [0.15, 0.2) is 59.5 Å². The summed E-state index contributed by atoms with van der Waals surface area (Å²) in [7, 11) is 1.62. The number of hydrogen-bond acceptors (Lipinski definition) is 4. The molecule has 0 radical (unpaired) electrons. The maximum Gasteiger partial charge on any atom is 0.242 e. The molecule has 6 heteroatoms. The molecule has 0 saturated heterocycles. The van der Waals surface area contributed by atoms with Crippen molar-refractivity contribution in [3.8, 4) is 5.75 Å². The standard InChI is InChI=1S/C24H32N2O3S/c1-4-6-15-25-24(28)22(5-2)26(17-19-11-10-12-20(16-19)29-3)23(27)18-30-21-13-8-7-9-14-21/h7-14,16,22H,4-6,15,17-18H2,1-3H3,(H,25,28). The molecule has 0 aliphatic heterocycles. The summed E-state index contributed by atoms with van der Waals surface area (Å²) in [5, 5.41) is 2.99. The smallest absolute Gasteiger partial charge is 0.242 e. The molecule has 30 heavy (non-hydrogen) atoms. The van der Waals surface area contributed by atoms with E-state index in [-0.39, 0.29) is 17.6 Å². The van der Waals surface area contributed by atoms with Gasteiger partial charge in [0.1, 0.15) is 11.8 Å². The molecule has 2 rings (SSSR count). The van der Waals surface area contributed by atoms with Gasteiger partial charge in [-0.1, -0.05) is 50.6 Å². The predicted octanol–water partition coefficient (Wildman–Crippen LogP) is 4.51. The van der Waals surface area contributed by atoms with Crippen LogP contribution in [0.25, 0.3) is 0 Å². The molecule has 2 aromatic carbocycles. The molecule has 5 nitrogen and oxygen atoms in total. The summed E-state index contributed by atoms with van der Waals surface area (Å²) in [5.41, 5.74) is 0.937. The second kappa shape index (κ2) is 13.0. The monoisotopic (exact) mass is 428 g/mol. The second-order valence-corrected chi connectivity index (χ2v) is 8.09. The largest absolute Gasteiger partial charge is 0.497 e. The van der Waals surface area contributed by atoms with Crippen LogP contribution in [-0.2, 0) is 16.1 Å². The number of hydrogen-bond donors (Lipinski definition) is 1. The topological polar surface area (TPSA) is 58.6 Å². The van der Waals surface area contributed by atoms with Crippen LogP contribution in [0, 0.1) is 0 Å². The van der Waals surface area contributed by atoms with Crippen molar-refractivity contribution in [1.29, 1.82) is 0 Å². The molecular weight excluding hydrogens is 396 g/mol. The number of thioether (sulfide) groups is 1. The highest BCUT2D eigenvalue weighted by atomic mass is 32.2. The summed E-state index contributed by atoms with van der Waals surface area (Å²) in [4.78, 5) is 28.8. The number of rotatable bonds is 12. The third-order valence-electron chi connectivity index (χ3n) is 4.81. The van der Waals surface area contributed by atoms with E-state index < -0.39 is 6.04 Å². The highest BCUT2D eigenvalue weighted by Gasteiger charge is 2.28. The Morgan fingerprint density at radius 2 is 1.87 bits per heavy atom. The lowest BCUT2D eigenvalue weighted by Gasteiger charge is -2.30. The first-order chi connectivity index (χ1) is 14.6. The van der Waals surface area contributed by atoms with Gasteiger partial charge >= 0.3 is 0 Å². The minimum atomic E-state index is -0.503. The molecule has 0 bridgehead atoms. The van der Waals surface area contributed by atoms with Gasteiger partial charge in [0.15, 0.2) is 0 Å². The average molecular weight is 429 g/mol. The molecule has 0 aliphatic rings. The lowest BCUT2D eigenvalue weighted by atomic mass is 10.1. The van der Waals surface area contributed by atoms with Crippen molar-refractivity contribution in [2.45, 2.75) is 50.6 Å². The Balaban J connectivity index is 2.18. The normalized spacial score (nSPS) is 11.6. The number of unbranched alkanes of at least 4 members (excludes halogenated alkanes) is 1. The fraction of sp³-hybridized carbons (Fsp3) is 0.417. The van der Waals surface area contributed by atoms with Crippen molar-refractivity contribution in [3.05, 3.63) is 60.2 Å². The van der Waals surface area contributed by atoms with Gasteiger partial charge in [-0.25, -0.2) is 0 Å². The van der Waals surface area contributed by atoms with Gasteiger partial charge in [-0.15, -0.1) is 11.8 Å². The van der Waals surface area contributed by atoms with Gasteiger partial charge in [0.05, 0.1) is 12.9 Å². The summed E-state index contributed by atoms with van der Waals surface area (Å²) in [6.45, 7) is 5.03. The van der Waals surface area contributed by atoms with Crippen molar-refractivity contribution in [3.63, 3.8) is 0 Å². The molecular formula is C24H32N2O3S. The molecule has 0 saturated carbocycles. The molecule has 0 aliphatic carbocycles. The number of ether oxygens (including phenoxy) is 1. The average Bonchev–Trinajstić information content (AvgIpc) is 2.78. The Morgan fingerprint density at radius 3 is 2.53 bits per heavy atom. The lowest BCUT2D eigenvalue weighted by molar-refractivity contribution is -0.139. The van der Waals surface area contributed by atoms with Crippen LogP contribution < -0.4 is 10.1 Å². The van der Waals surface area contributed by atoms with E-state index in [9.17, 15) is 9.59 Å². The minimum Gasteiger partial charge on any atom is -0.497 e. The minimum absolute atomic E-state index is 0.0517.